The second kappa shape index (κ2) is 14.8. The van der Waals surface area contributed by atoms with Crippen LogP contribution >= 0.6 is 0 Å². The van der Waals surface area contributed by atoms with Gasteiger partial charge in [-0.05, 0) is 68.9 Å². The second-order valence-corrected chi connectivity index (χ2v) is 13.6. The number of hydrogen-bond acceptors (Lipinski definition) is 8. The Morgan fingerprint density at radius 3 is 1.82 bits per heavy atom. The van der Waals surface area contributed by atoms with Crippen LogP contribution in [0.1, 0.15) is 43.1 Å². The summed E-state index contributed by atoms with van der Waals surface area (Å²) >= 11 is 0. The van der Waals surface area contributed by atoms with Crippen LogP contribution in [0.5, 0.6) is 0 Å². The molecule has 0 radical (unpaired) electrons. The molecule has 8 aromatic rings. The molecule has 0 amide bonds. The van der Waals surface area contributed by atoms with Gasteiger partial charge in [0.05, 0.1) is 66.0 Å². The van der Waals surface area contributed by atoms with Crippen LogP contribution in [0.2, 0.25) is 5.82 Å². The summed E-state index contributed by atoms with van der Waals surface area (Å²) in [5.74, 6) is 1.21. The molecule has 2 fully saturated rings. The first-order valence-electron chi connectivity index (χ1n) is 17.9. The normalized spacial score (nSPS) is 13.3. The summed E-state index contributed by atoms with van der Waals surface area (Å²) in [5, 5.41) is 28.3. The van der Waals surface area contributed by atoms with E-state index in [0.717, 1.165) is 93.4 Å². The highest BCUT2D eigenvalue weighted by Gasteiger charge is 2.33. The van der Waals surface area contributed by atoms with E-state index in [2.05, 4.69) is 44.6 Å². The van der Waals surface area contributed by atoms with Gasteiger partial charge >= 0.3 is 7.12 Å². The summed E-state index contributed by atoms with van der Waals surface area (Å²) in [4.78, 5) is 24.8. The van der Waals surface area contributed by atoms with Gasteiger partial charge < -0.3 is 19.7 Å². The number of pyridine rings is 4. The first kappa shape index (κ1) is 35.1. The quantitative estimate of drug-likeness (QED) is 0.116. The zero-order chi connectivity index (χ0) is 38.1. The number of imidazole rings is 2. The smallest absolute Gasteiger partial charge is 0.427 e. The summed E-state index contributed by atoms with van der Waals surface area (Å²) < 4.78 is 5.71. The van der Waals surface area contributed by atoms with Crippen molar-refractivity contribution in [3.05, 3.63) is 132 Å². The molecule has 0 saturated heterocycles. The summed E-state index contributed by atoms with van der Waals surface area (Å²) in [6, 6.07) is 20.2. The lowest BCUT2D eigenvalue weighted by molar-refractivity contribution is 0.403. The minimum Gasteiger partial charge on any atom is -0.427 e. The summed E-state index contributed by atoms with van der Waals surface area (Å²) in [6.45, 7) is 18.5. The average Bonchev–Trinajstić information content (AvgIpc) is 4.03. The van der Waals surface area contributed by atoms with Crippen LogP contribution in [0.4, 0.5) is 11.6 Å². The van der Waals surface area contributed by atoms with Crippen LogP contribution in [0.15, 0.2) is 97.8 Å². The van der Waals surface area contributed by atoms with Crippen LogP contribution in [-0.2, 0) is 0 Å². The van der Waals surface area contributed by atoms with Gasteiger partial charge in [-0.2, -0.15) is 10.2 Å². The molecule has 15 heteroatoms. The second-order valence-electron chi connectivity index (χ2n) is 13.6. The number of aryl methyl sites for hydroxylation is 2. The van der Waals surface area contributed by atoms with Crippen molar-refractivity contribution < 1.29 is 10.0 Å². The van der Waals surface area contributed by atoms with E-state index in [0.29, 0.717) is 17.7 Å². The molecular formula is C40H35BN12O2. The standard InChI is InChI=1S/C20H16N6.C17H12N6.C3H7BO2/c1-13-4-3-5-17(24-13)20-16(10-23-26(20)15-7-8-15)14-6-9-18-22-11-19(21-2)25(18)12-14;1-11-4-3-5-14(21-11)17-13(8-20-22-17)12-6-7-15-19-9-16(18-2)23(15)10-12;5-4(6)3-1-2-3/h3-6,9-12,15H,7-8H2,1H3;3-10H,1H3,(H,20,22);3,5-6H,1-2H2. The monoisotopic (exact) mass is 726 g/mol. The first-order valence-corrected chi connectivity index (χ1v) is 17.9. The molecule has 8 heterocycles. The minimum absolute atomic E-state index is 0.213. The van der Waals surface area contributed by atoms with Gasteiger partial charge in [-0.3, -0.25) is 19.7 Å². The van der Waals surface area contributed by atoms with Gasteiger partial charge in [0, 0.05) is 45.8 Å². The fourth-order valence-corrected chi connectivity index (χ4v) is 6.30. The lowest BCUT2D eigenvalue weighted by Gasteiger charge is -2.09. The predicted molar refractivity (Wildman–Crippen MR) is 209 cm³/mol. The maximum Gasteiger partial charge on any atom is 0.454 e. The molecule has 0 bridgehead atoms. The molecule has 10 rings (SSSR count). The Morgan fingerprint density at radius 1 is 0.709 bits per heavy atom. The average molecular weight is 727 g/mol. The predicted octanol–water partition coefficient (Wildman–Crippen LogP) is 7.72. The van der Waals surface area contributed by atoms with Crippen molar-refractivity contribution >= 4 is 30.0 Å². The fraction of sp³-hybridized carbons (Fsp3) is 0.200. The fourth-order valence-electron chi connectivity index (χ4n) is 6.30. The van der Waals surface area contributed by atoms with E-state index in [1.807, 2.05) is 97.5 Å². The van der Waals surface area contributed by atoms with Gasteiger partial charge in [-0.25, -0.2) is 18.8 Å². The Kier molecular flexibility index (Phi) is 9.47. The highest BCUT2D eigenvalue weighted by atomic mass is 16.4. The molecule has 2 saturated carbocycles. The van der Waals surface area contributed by atoms with Gasteiger partial charge in [-0.1, -0.05) is 38.1 Å². The topological polar surface area (TPSA) is 156 Å². The van der Waals surface area contributed by atoms with Crippen LogP contribution in [0, 0.1) is 27.0 Å². The summed E-state index contributed by atoms with van der Waals surface area (Å²) in [5.41, 5.74) is 11.0. The number of aromatic nitrogens is 10. The highest BCUT2D eigenvalue weighted by Crippen LogP contribution is 2.41. The Morgan fingerprint density at radius 2 is 1.29 bits per heavy atom. The molecule has 2 aliphatic carbocycles. The van der Waals surface area contributed by atoms with E-state index < -0.39 is 7.12 Å². The lowest BCUT2D eigenvalue weighted by atomic mass is 9.84. The number of hydrogen-bond donors (Lipinski definition) is 3. The minimum atomic E-state index is -1.04. The number of nitrogens with one attached hydrogen (secondary N) is 1. The Labute approximate surface area is 316 Å². The summed E-state index contributed by atoms with van der Waals surface area (Å²) in [7, 11) is -1.04. The molecule has 0 spiro atoms. The van der Waals surface area contributed by atoms with E-state index in [4.69, 9.17) is 28.2 Å². The molecule has 0 aromatic carbocycles. The van der Waals surface area contributed by atoms with Crippen molar-refractivity contribution in [3.63, 3.8) is 0 Å². The third-order valence-electron chi connectivity index (χ3n) is 9.47. The molecule has 270 valence electrons. The van der Waals surface area contributed by atoms with Gasteiger partial charge in [0.25, 0.3) is 11.6 Å². The largest absolute Gasteiger partial charge is 0.454 e. The van der Waals surface area contributed by atoms with Crippen molar-refractivity contribution in [2.24, 2.45) is 0 Å². The van der Waals surface area contributed by atoms with E-state index >= 15 is 0 Å². The molecule has 0 aliphatic heterocycles. The maximum absolute atomic E-state index is 8.25. The van der Waals surface area contributed by atoms with Gasteiger partial charge in [0.2, 0.25) is 11.3 Å². The number of rotatable bonds is 6. The molecule has 8 aromatic heterocycles. The SMILES string of the molecule is OB(O)C1CC1.[C-]#[N+]c1cnc2ccc(-c3cn[nH]c3-c3cccc(C)n3)cn12.[C-]#[N+]c1cnc2ccc(-c3cnn(C4CC4)c3-c3cccc(C)n3)cn12. The van der Waals surface area contributed by atoms with Gasteiger partial charge in [-0.15, -0.1) is 0 Å². The van der Waals surface area contributed by atoms with Crippen molar-refractivity contribution in [2.45, 2.75) is 51.4 Å². The Balaban J connectivity index is 0.000000136. The van der Waals surface area contributed by atoms with E-state index in [9.17, 15) is 0 Å². The molecular weight excluding hydrogens is 691 g/mol. The van der Waals surface area contributed by atoms with E-state index in [-0.39, 0.29) is 5.82 Å². The number of aromatic amines is 1. The van der Waals surface area contributed by atoms with Crippen LogP contribution < -0.4 is 0 Å². The van der Waals surface area contributed by atoms with Crippen molar-refractivity contribution in [1.82, 2.24) is 48.7 Å². The number of fused-ring (bicyclic) bond motifs is 2. The summed E-state index contributed by atoms with van der Waals surface area (Å²) in [6.07, 6.45) is 15.0. The highest BCUT2D eigenvalue weighted by molar-refractivity contribution is 6.44. The van der Waals surface area contributed by atoms with Gasteiger partial charge in [0.15, 0.2) is 0 Å². The molecule has 2 aliphatic rings. The zero-order valence-corrected chi connectivity index (χ0v) is 30.1. The Hall–Kier alpha value is -6.94. The molecule has 14 nitrogen and oxygen atoms in total. The van der Waals surface area contributed by atoms with Crippen LogP contribution in [0.3, 0.4) is 0 Å². The van der Waals surface area contributed by atoms with Crippen molar-refractivity contribution in [2.75, 3.05) is 0 Å². The molecule has 3 N–H and O–H groups in total. The zero-order valence-electron chi connectivity index (χ0n) is 30.1. The third-order valence-corrected chi connectivity index (χ3v) is 9.47. The lowest BCUT2D eigenvalue weighted by Crippen LogP contribution is -2.09. The number of nitrogens with zero attached hydrogens (tertiary/aromatic N) is 11. The molecule has 0 unspecified atom stereocenters. The Bertz CT molecular complexity index is 2740. The number of H-pyrrole nitrogens is 1. The van der Waals surface area contributed by atoms with Crippen LogP contribution in [0.25, 0.3) is 66.0 Å². The van der Waals surface area contributed by atoms with E-state index in [1.54, 1.807) is 23.0 Å². The van der Waals surface area contributed by atoms with Gasteiger partial charge in [0.1, 0.15) is 0 Å². The van der Waals surface area contributed by atoms with Crippen molar-refractivity contribution in [1.29, 1.82) is 0 Å². The maximum atomic E-state index is 8.25. The van der Waals surface area contributed by atoms with Crippen molar-refractivity contribution in [3.8, 4) is 45.0 Å². The van der Waals surface area contributed by atoms with Crippen LogP contribution in [-0.4, -0.2) is 65.9 Å². The molecule has 55 heavy (non-hydrogen) atoms. The van der Waals surface area contributed by atoms with E-state index in [1.165, 1.54) is 0 Å². The third kappa shape index (κ3) is 7.35. The molecule has 0 atom stereocenters. The first-order chi connectivity index (χ1) is 26.8.